The van der Waals surface area contributed by atoms with Crippen LogP contribution in [0.15, 0.2) is 48.5 Å². The van der Waals surface area contributed by atoms with Gasteiger partial charge in [0.1, 0.15) is 12.2 Å². The lowest BCUT2D eigenvalue weighted by molar-refractivity contribution is 0.0889. The summed E-state index contributed by atoms with van der Waals surface area (Å²) in [4.78, 5) is 12.6. The van der Waals surface area contributed by atoms with E-state index in [1.807, 2.05) is 28.9 Å². The van der Waals surface area contributed by atoms with Crippen molar-refractivity contribution in [1.82, 2.24) is 25.6 Å². The van der Waals surface area contributed by atoms with Gasteiger partial charge in [0.05, 0.1) is 11.1 Å². The number of nitrogens with one attached hydrogen (secondary N) is 2. The van der Waals surface area contributed by atoms with Crippen LogP contribution in [0.4, 0.5) is 4.39 Å². The van der Waals surface area contributed by atoms with Gasteiger partial charge in [0.2, 0.25) is 0 Å². The Balaban J connectivity index is 1.49. The second-order valence-electron chi connectivity index (χ2n) is 7.05. The predicted molar refractivity (Wildman–Crippen MR) is 101 cm³/mol. The first-order chi connectivity index (χ1) is 13.2. The third kappa shape index (κ3) is 3.68. The van der Waals surface area contributed by atoms with Crippen LogP contribution in [0.3, 0.4) is 0 Å². The predicted octanol–water partition coefficient (Wildman–Crippen LogP) is 2.11. The second kappa shape index (κ2) is 7.44. The van der Waals surface area contributed by atoms with Crippen molar-refractivity contribution in [2.24, 2.45) is 0 Å². The summed E-state index contributed by atoms with van der Waals surface area (Å²) < 4.78 is 15.3. The molecule has 1 aliphatic heterocycles. The Bertz CT molecular complexity index is 934. The minimum Gasteiger partial charge on any atom is -0.343 e. The number of halogens is 1. The Morgan fingerprint density at radius 1 is 1.26 bits per heavy atom. The molecule has 0 saturated carbocycles. The van der Waals surface area contributed by atoms with Gasteiger partial charge in [0.25, 0.3) is 5.91 Å². The maximum atomic E-state index is 13.4. The van der Waals surface area contributed by atoms with Crippen LogP contribution < -0.4 is 10.6 Å². The maximum Gasteiger partial charge on any atom is 0.251 e. The van der Waals surface area contributed by atoms with E-state index in [0.29, 0.717) is 37.1 Å². The molecule has 6 nitrogen and oxygen atoms in total. The van der Waals surface area contributed by atoms with Gasteiger partial charge in [0.15, 0.2) is 0 Å². The first kappa shape index (κ1) is 17.6. The molecule has 0 spiro atoms. The van der Waals surface area contributed by atoms with E-state index in [1.54, 1.807) is 12.1 Å². The lowest BCUT2D eigenvalue weighted by Gasteiger charge is -2.26. The Morgan fingerprint density at radius 3 is 2.85 bits per heavy atom. The first-order valence-electron chi connectivity index (χ1n) is 9.15. The van der Waals surface area contributed by atoms with E-state index in [2.05, 4.69) is 33.1 Å². The molecule has 1 unspecified atom stereocenters. The molecule has 1 aromatic heterocycles. The van der Waals surface area contributed by atoms with E-state index < -0.39 is 12.2 Å². The molecule has 2 aromatic carbocycles. The van der Waals surface area contributed by atoms with Crippen LogP contribution in [0.5, 0.6) is 0 Å². The standard InChI is InChI=1S/C20H22FN5O/c21-13-20(9-10-22-14-20)23-19(27)16-6-7-18-17(12-16)24-25-26(18)11-8-15-4-2-1-3-5-15/h1-7,12,22H,8-11,13-14H2,(H,23,27). The van der Waals surface area contributed by atoms with E-state index in [9.17, 15) is 9.18 Å². The zero-order chi connectivity index (χ0) is 18.7. The van der Waals surface area contributed by atoms with Crippen LogP contribution in [0.25, 0.3) is 11.0 Å². The van der Waals surface area contributed by atoms with Crippen LogP contribution >= 0.6 is 0 Å². The zero-order valence-electron chi connectivity index (χ0n) is 15.0. The van der Waals surface area contributed by atoms with Gasteiger partial charge < -0.3 is 10.6 Å². The molecular formula is C20H22FN5O. The van der Waals surface area contributed by atoms with Crippen LogP contribution in [0.2, 0.25) is 0 Å². The molecule has 27 heavy (non-hydrogen) atoms. The number of nitrogens with zero attached hydrogens (tertiary/aromatic N) is 3. The third-order valence-corrected chi connectivity index (χ3v) is 5.11. The van der Waals surface area contributed by atoms with Crippen LogP contribution in [0.1, 0.15) is 22.3 Å². The summed E-state index contributed by atoms with van der Waals surface area (Å²) in [6, 6.07) is 15.5. The molecule has 1 atom stereocenters. The molecule has 1 amide bonds. The molecule has 0 radical (unpaired) electrons. The molecule has 1 fully saturated rings. The monoisotopic (exact) mass is 367 g/mol. The molecule has 0 aliphatic carbocycles. The number of carbonyl (C=O) groups excluding carboxylic acids is 1. The van der Waals surface area contributed by atoms with Gasteiger partial charge in [-0.15, -0.1) is 5.10 Å². The number of alkyl halides is 1. The van der Waals surface area contributed by atoms with E-state index in [1.165, 1.54) is 5.56 Å². The quantitative estimate of drug-likeness (QED) is 0.700. The second-order valence-corrected chi connectivity index (χ2v) is 7.05. The normalized spacial score (nSPS) is 19.4. The fourth-order valence-electron chi connectivity index (χ4n) is 3.47. The van der Waals surface area contributed by atoms with Crippen LogP contribution in [0, 0.1) is 0 Å². The fourth-order valence-corrected chi connectivity index (χ4v) is 3.47. The number of hydrogen-bond acceptors (Lipinski definition) is 4. The van der Waals surface area contributed by atoms with Crippen molar-refractivity contribution >= 4 is 16.9 Å². The fraction of sp³-hybridized carbons (Fsp3) is 0.350. The minimum atomic E-state index is -0.806. The molecule has 140 valence electrons. The Hall–Kier alpha value is -2.80. The van der Waals surface area contributed by atoms with Crippen molar-refractivity contribution in [3.05, 3.63) is 59.7 Å². The Morgan fingerprint density at radius 2 is 2.11 bits per heavy atom. The number of fused-ring (bicyclic) bond motifs is 1. The topological polar surface area (TPSA) is 71.8 Å². The van der Waals surface area contributed by atoms with E-state index in [4.69, 9.17) is 0 Å². The molecule has 1 saturated heterocycles. The van der Waals surface area contributed by atoms with E-state index in [-0.39, 0.29) is 5.91 Å². The smallest absolute Gasteiger partial charge is 0.251 e. The number of aromatic nitrogens is 3. The van der Waals surface area contributed by atoms with Crippen molar-refractivity contribution in [2.75, 3.05) is 19.8 Å². The van der Waals surface area contributed by atoms with Gasteiger partial charge in [-0.2, -0.15) is 0 Å². The number of aryl methyl sites for hydroxylation is 2. The highest BCUT2D eigenvalue weighted by Gasteiger charge is 2.35. The third-order valence-electron chi connectivity index (χ3n) is 5.11. The highest BCUT2D eigenvalue weighted by atomic mass is 19.1. The SMILES string of the molecule is O=C(NC1(CF)CCNC1)c1ccc2c(c1)nnn2CCc1ccccc1. The number of rotatable bonds is 6. The molecule has 0 bridgehead atoms. The van der Waals surface area contributed by atoms with Gasteiger partial charge >= 0.3 is 0 Å². The van der Waals surface area contributed by atoms with Crippen molar-refractivity contribution in [3.63, 3.8) is 0 Å². The first-order valence-corrected chi connectivity index (χ1v) is 9.15. The maximum absolute atomic E-state index is 13.4. The Kier molecular flexibility index (Phi) is 4.85. The highest BCUT2D eigenvalue weighted by molar-refractivity contribution is 5.97. The van der Waals surface area contributed by atoms with E-state index >= 15 is 0 Å². The van der Waals surface area contributed by atoms with Crippen molar-refractivity contribution in [3.8, 4) is 0 Å². The van der Waals surface area contributed by atoms with Crippen molar-refractivity contribution in [2.45, 2.75) is 24.9 Å². The van der Waals surface area contributed by atoms with Crippen molar-refractivity contribution in [1.29, 1.82) is 0 Å². The average molecular weight is 367 g/mol. The summed E-state index contributed by atoms with van der Waals surface area (Å²) in [6.45, 7) is 1.29. The van der Waals surface area contributed by atoms with Gasteiger partial charge in [-0.3, -0.25) is 4.79 Å². The zero-order valence-corrected chi connectivity index (χ0v) is 15.0. The largest absolute Gasteiger partial charge is 0.343 e. The molecule has 2 heterocycles. The average Bonchev–Trinajstić information content (AvgIpc) is 3.34. The summed E-state index contributed by atoms with van der Waals surface area (Å²) in [5.74, 6) is -0.280. The summed E-state index contributed by atoms with van der Waals surface area (Å²) >= 11 is 0. The van der Waals surface area contributed by atoms with Crippen LogP contribution in [-0.4, -0.2) is 46.2 Å². The minimum absolute atomic E-state index is 0.280. The lowest BCUT2D eigenvalue weighted by atomic mass is 10.00. The highest BCUT2D eigenvalue weighted by Crippen LogP contribution is 2.18. The molecule has 1 aliphatic rings. The van der Waals surface area contributed by atoms with Gasteiger partial charge in [-0.25, -0.2) is 9.07 Å². The number of benzene rings is 2. The number of carbonyl (C=O) groups is 1. The summed E-state index contributed by atoms with van der Waals surface area (Å²) in [5, 5.41) is 14.3. The summed E-state index contributed by atoms with van der Waals surface area (Å²) in [6.07, 6.45) is 1.45. The van der Waals surface area contributed by atoms with Gasteiger partial charge in [-0.05, 0) is 43.1 Å². The number of amides is 1. The summed E-state index contributed by atoms with van der Waals surface area (Å²) in [7, 11) is 0. The van der Waals surface area contributed by atoms with Crippen LogP contribution in [-0.2, 0) is 13.0 Å². The van der Waals surface area contributed by atoms with Crippen molar-refractivity contribution < 1.29 is 9.18 Å². The Labute approximate surface area is 156 Å². The molecule has 2 N–H and O–H groups in total. The molecular weight excluding hydrogens is 345 g/mol. The number of hydrogen-bond donors (Lipinski definition) is 2. The van der Waals surface area contributed by atoms with Gasteiger partial charge in [0, 0.05) is 18.7 Å². The molecule has 3 aromatic rings. The summed E-state index contributed by atoms with van der Waals surface area (Å²) in [5.41, 5.74) is 2.44. The lowest BCUT2D eigenvalue weighted by Crippen LogP contribution is -2.51. The molecule has 4 rings (SSSR count). The van der Waals surface area contributed by atoms with E-state index in [0.717, 1.165) is 11.9 Å². The molecule has 7 heteroatoms. The van der Waals surface area contributed by atoms with Gasteiger partial charge in [-0.1, -0.05) is 35.5 Å².